The van der Waals surface area contributed by atoms with Crippen molar-refractivity contribution in [1.29, 1.82) is 0 Å². The van der Waals surface area contributed by atoms with Crippen molar-refractivity contribution in [1.82, 2.24) is 4.98 Å². The fourth-order valence-electron chi connectivity index (χ4n) is 3.53. The van der Waals surface area contributed by atoms with E-state index in [0.717, 1.165) is 48.6 Å². The van der Waals surface area contributed by atoms with Crippen molar-refractivity contribution >= 4 is 54.8 Å². The van der Waals surface area contributed by atoms with Gasteiger partial charge in [-0.3, -0.25) is 10.2 Å². The number of fused-ring (bicyclic) bond motifs is 2. The zero-order chi connectivity index (χ0) is 22.1. The number of hydrogen-bond acceptors (Lipinski definition) is 6. The maximum atomic E-state index is 13.2. The molecule has 0 spiro atoms. The topological polar surface area (TPSA) is 75.6 Å². The molecule has 4 rings (SSSR count). The number of nitrogens with one attached hydrogen (secondary N) is 2. The summed E-state index contributed by atoms with van der Waals surface area (Å²) >= 11 is 1.52. The SMILES string of the molecule is COc1cc2ccccc2cc1C(=O)Nc1c(C)cc2nc(NN=C(C)C)sc2c1C. The molecule has 1 heterocycles. The molecule has 1 amide bonds. The lowest BCUT2D eigenvalue weighted by Crippen LogP contribution is -2.15. The van der Waals surface area contributed by atoms with Gasteiger partial charge in [-0.05, 0) is 67.8 Å². The normalized spacial score (nSPS) is 10.9. The van der Waals surface area contributed by atoms with Crippen LogP contribution in [0.3, 0.4) is 0 Å². The fraction of sp³-hybridized carbons (Fsp3) is 0.208. The number of rotatable bonds is 5. The monoisotopic (exact) mass is 432 g/mol. The number of amides is 1. The molecule has 0 radical (unpaired) electrons. The zero-order valence-corrected chi connectivity index (χ0v) is 19.0. The minimum atomic E-state index is -0.206. The van der Waals surface area contributed by atoms with E-state index < -0.39 is 0 Å². The third-order valence-corrected chi connectivity index (χ3v) is 6.14. The average molecular weight is 433 g/mol. The lowest BCUT2D eigenvalue weighted by molar-refractivity contribution is 0.102. The maximum Gasteiger partial charge on any atom is 0.259 e. The number of carbonyl (C=O) groups excluding carboxylic acids is 1. The Kier molecular flexibility index (Phi) is 5.61. The molecule has 0 aliphatic heterocycles. The number of benzene rings is 3. The fourth-order valence-corrected chi connectivity index (χ4v) is 4.42. The number of nitrogens with zero attached hydrogens (tertiary/aromatic N) is 2. The van der Waals surface area contributed by atoms with Gasteiger partial charge >= 0.3 is 0 Å². The summed E-state index contributed by atoms with van der Waals surface area (Å²) in [5, 5.41) is 10.1. The van der Waals surface area contributed by atoms with Gasteiger partial charge in [0.1, 0.15) is 5.75 Å². The Morgan fingerprint density at radius 1 is 1.10 bits per heavy atom. The molecule has 0 fully saturated rings. The van der Waals surface area contributed by atoms with Gasteiger partial charge in [0.25, 0.3) is 5.91 Å². The number of aromatic nitrogens is 1. The second-order valence-electron chi connectivity index (χ2n) is 7.59. The molecule has 7 heteroatoms. The van der Waals surface area contributed by atoms with Crippen LogP contribution < -0.4 is 15.5 Å². The van der Waals surface area contributed by atoms with Crippen LogP contribution in [-0.2, 0) is 0 Å². The van der Waals surface area contributed by atoms with E-state index >= 15 is 0 Å². The van der Waals surface area contributed by atoms with Crippen LogP contribution in [0.15, 0.2) is 47.6 Å². The Morgan fingerprint density at radius 3 is 2.48 bits per heavy atom. The van der Waals surface area contributed by atoms with Gasteiger partial charge in [0, 0.05) is 11.4 Å². The molecule has 0 atom stereocenters. The van der Waals surface area contributed by atoms with E-state index in [9.17, 15) is 4.79 Å². The molecule has 0 aliphatic rings. The van der Waals surface area contributed by atoms with Crippen LogP contribution in [0, 0.1) is 13.8 Å². The Morgan fingerprint density at radius 2 is 1.81 bits per heavy atom. The Labute approximate surface area is 185 Å². The minimum Gasteiger partial charge on any atom is -0.496 e. The first kappa shape index (κ1) is 20.8. The predicted molar refractivity (Wildman–Crippen MR) is 130 cm³/mol. The molecular formula is C24H24N4O2S. The van der Waals surface area contributed by atoms with Crippen molar-refractivity contribution in [2.24, 2.45) is 5.10 Å². The van der Waals surface area contributed by atoms with Gasteiger partial charge in [0.15, 0.2) is 0 Å². The first-order valence-electron chi connectivity index (χ1n) is 9.93. The van der Waals surface area contributed by atoms with Gasteiger partial charge in [-0.1, -0.05) is 35.6 Å². The number of methoxy groups -OCH3 is 1. The van der Waals surface area contributed by atoms with Gasteiger partial charge in [-0.2, -0.15) is 5.10 Å². The molecule has 0 saturated heterocycles. The van der Waals surface area contributed by atoms with Crippen molar-refractivity contribution in [2.75, 3.05) is 17.9 Å². The smallest absolute Gasteiger partial charge is 0.259 e. The second kappa shape index (κ2) is 8.35. The van der Waals surface area contributed by atoms with Gasteiger partial charge in [-0.25, -0.2) is 4.98 Å². The van der Waals surface area contributed by atoms with Gasteiger partial charge in [-0.15, -0.1) is 0 Å². The summed E-state index contributed by atoms with van der Waals surface area (Å²) in [6, 6.07) is 13.7. The highest BCUT2D eigenvalue weighted by molar-refractivity contribution is 7.22. The highest BCUT2D eigenvalue weighted by atomic mass is 32.1. The van der Waals surface area contributed by atoms with Crippen LogP contribution in [0.1, 0.15) is 35.3 Å². The van der Waals surface area contributed by atoms with Crippen LogP contribution in [-0.4, -0.2) is 23.7 Å². The highest BCUT2D eigenvalue weighted by Gasteiger charge is 2.18. The van der Waals surface area contributed by atoms with Crippen LogP contribution >= 0.6 is 11.3 Å². The third kappa shape index (κ3) is 4.09. The van der Waals surface area contributed by atoms with Crippen LogP contribution in [0.4, 0.5) is 10.8 Å². The molecule has 1 aromatic heterocycles. The number of thiazole rings is 1. The molecular weight excluding hydrogens is 408 g/mol. The van der Waals surface area contributed by atoms with Crippen LogP contribution in [0.5, 0.6) is 5.75 Å². The predicted octanol–water partition coefficient (Wildman–Crippen LogP) is 6.13. The van der Waals surface area contributed by atoms with E-state index in [1.807, 2.05) is 70.2 Å². The van der Waals surface area contributed by atoms with E-state index in [1.54, 1.807) is 7.11 Å². The van der Waals surface area contributed by atoms with Gasteiger partial charge < -0.3 is 10.1 Å². The molecule has 31 heavy (non-hydrogen) atoms. The maximum absolute atomic E-state index is 13.2. The van der Waals surface area contributed by atoms with E-state index in [-0.39, 0.29) is 5.91 Å². The molecule has 0 unspecified atom stereocenters. The van der Waals surface area contributed by atoms with Gasteiger partial charge in [0.05, 0.1) is 22.9 Å². The Hall–Kier alpha value is -3.45. The molecule has 2 N–H and O–H groups in total. The summed E-state index contributed by atoms with van der Waals surface area (Å²) in [5.74, 6) is 0.340. The van der Waals surface area contributed by atoms with E-state index in [2.05, 4.69) is 20.8 Å². The summed E-state index contributed by atoms with van der Waals surface area (Å²) in [7, 11) is 1.58. The summed E-state index contributed by atoms with van der Waals surface area (Å²) < 4.78 is 6.51. The van der Waals surface area contributed by atoms with Crippen LogP contribution in [0.2, 0.25) is 0 Å². The molecule has 4 aromatic rings. The van der Waals surface area contributed by atoms with Crippen LogP contribution in [0.25, 0.3) is 21.0 Å². The first-order chi connectivity index (χ1) is 14.9. The number of carbonyl (C=O) groups is 1. The summed E-state index contributed by atoms with van der Waals surface area (Å²) in [4.78, 5) is 17.8. The number of hydrazone groups is 1. The van der Waals surface area contributed by atoms with Gasteiger partial charge in [0.2, 0.25) is 5.13 Å². The Bertz CT molecular complexity index is 1340. The third-order valence-electron chi connectivity index (χ3n) is 5.04. The molecule has 3 aromatic carbocycles. The summed E-state index contributed by atoms with van der Waals surface area (Å²) in [6.45, 7) is 7.81. The second-order valence-corrected chi connectivity index (χ2v) is 8.58. The zero-order valence-electron chi connectivity index (χ0n) is 18.2. The number of ether oxygens (including phenoxy) is 1. The molecule has 0 aliphatic carbocycles. The molecule has 158 valence electrons. The average Bonchev–Trinajstić information content (AvgIpc) is 3.17. The largest absolute Gasteiger partial charge is 0.496 e. The highest BCUT2D eigenvalue weighted by Crippen LogP contribution is 2.36. The molecule has 0 bridgehead atoms. The number of anilines is 2. The van der Waals surface area contributed by atoms with E-state index in [0.29, 0.717) is 11.3 Å². The van der Waals surface area contributed by atoms with Crippen molar-refractivity contribution in [2.45, 2.75) is 27.7 Å². The van der Waals surface area contributed by atoms with Crippen molar-refractivity contribution in [3.8, 4) is 5.75 Å². The standard InChI is InChI=1S/C24H24N4O2S/c1-13(2)27-28-24-25-19-10-14(3)21(15(4)22(19)31-24)26-23(29)18-11-16-8-6-7-9-17(16)12-20(18)30-5/h6-12H,1-5H3,(H,25,28)(H,26,29). The van der Waals surface area contributed by atoms with Crippen molar-refractivity contribution in [3.63, 3.8) is 0 Å². The van der Waals surface area contributed by atoms with Crippen molar-refractivity contribution in [3.05, 3.63) is 59.2 Å². The summed E-state index contributed by atoms with van der Waals surface area (Å²) in [5.41, 5.74) is 8.01. The minimum absolute atomic E-state index is 0.206. The lowest BCUT2D eigenvalue weighted by atomic mass is 10.0. The lowest BCUT2D eigenvalue weighted by Gasteiger charge is -2.14. The van der Waals surface area contributed by atoms with Crippen molar-refractivity contribution < 1.29 is 9.53 Å². The first-order valence-corrected chi connectivity index (χ1v) is 10.7. The van der Waals surface area contributed by atoms with E-state index in [4.69, 9.17) is 4.74 Å². The quantitative estimate of drug-likeness (QED) is 0.294. The molecule has 0 saturated carbocycles. The Balaban J connectivity index is 1.72. The number of aryl methyl sites for hydroxylation is 2. The summed E-state index contributed by atoms with van der Waals surface area (Å²) in [6.07, 6.45) is 0. The molecule has 6 nitrogen and oxygen atoms in total. The number of hydrogen-bond donors (Lipinski definition) is 2. The van der Waals surface area contributed by atoms with E-state index in [1.165, 1.54) is 11.3 Å².